The fourth-order valence-corrected chi connectivity index (χ4v) is 4.97. The van der Waals surface area contributed by atoms with Gasteiger partial charge >= 0.3 is 5.97 Å². The number of rotatable bonds is 10. The molecular weight excluding hydrogens is 486 g/mol. The first kappa shape index (κ1) is 26.6. The molecular formula is C30H33NO5S. The molecule has 0 spiro atoms. The Morgan fingerprint density at radius 1 is 1.05 bits per heavy atom. The second kappa shape index (κ2) is 11.3. The molecule has 4 rings (SSSR count). The highest BCUT2D eigenvalue weighted by molar-refractivity contribution is 7.15. The second-order valence-electron chi connectivity index (χ2n) is 10.0. The molecule has 0 saturated heterocycles. The van der Waals surface area contributed by atoms with E-state index in [9.17, 15) is 9.90 Å². The monoisotopic (exact) mass is 519 g/mol. The maximum atomic E-state index is 11.3. The van der Waals surface area contributed by atoms with Crippen molar-refractivity contribution in [2.75, 3.05) is 6.61 Å². The molecule has 7 heteroatoms. The first-order valence-corrected chi connectivity index (χ1v) is 13.2. The largest absolute Gasteiger partial charge is 0.488 e. The molecule has 2 aromatic heterocycles. The Morgan fingerprint density at radius 3 is 2.32 bits per heavy atom. The summed E-state index contributed by atoms with van der Waals surface area (Å²) in [5.41, 5.74) is 5.02. The number of aromatic nitrogens is 1. The lowest BCUT2D eigenvalue weighted by Crippen LogP contribution is -2.26. The van der Waals surface area contributed by atoms with Crippen molar-refractivity contribution < 1.29 is 23.9 Å². The average Bonchev–Trinajstić information content (AvgIpc) is 3.51. The first-order valence-electron chi connectivity index (χ1n) is 12.4. The molecule has 0 aliphatic heterocycles. The number of hydrogen-bond acceptors (Lipinski definition) is 6. The minimum atomic E-state index is -0.950. The van der Waals surface area contributed by atoms with Crippen LogP contribution in [-0.2, 0) is 28.0 Å². The van der Waals surface area contributed by atoms with Crippen LogP contribution in [0, 0.1) is 6.92 Å². The van der Waals surface area contributed by atoms with E-state index in [-0.39, 0.29) is 5.41 Å². The first-order chi connectivity index (χ1) is 17.6. The fraction of sp³-hybridized carbons (Fsp3) is 0.333. The topological polar surface area (TPSA) is 81.8 Å². The van der Waals surface area contributed by atoms with E-state index >= 15 is 0 Å². The van der Waals surface area contributed by atoms with Gasteiger partial charge in [-0.3, -0.25) is 0 Å². The highest BCUT2D eigenvalue weighted by Gasteiger charge is 2.20. The molecule has 4 aromatic rings. The van der Waals surface area contributed by atoms with Crippen molar-refractivity contribution >= 4 is 17.3 Å². The predicted molar refractivity (Wildman–Crippen MR) is 146 cm³/mol. The van der Waals surface area contributed by atoms with Gasteiger partial charge in [-0.2, -0.15) is 0 Å². The van der Waals surface area contributed by atoms with E-state index in [1.807, 2.05) is 30.3 Å². The summed E-state index contributed by atoms with van der Waals surface area (Å²) in [6, 6.07) is 20.1. The van der Waals surface area contributed by atoms with Crippen molar-refractivity contribution in [3.05, 3.63) is 82.4 Å². The van der Waals surface area contributed by atoms with Crippen LogP contribution < -0.4 is 4.74 Å². The molecule has 2 aromatic carbocycles. The number of hydrogen-bond donors (Lipinski definition) is 1. The third-order valence-electron chi connectivity index (χ3n) is 6.09. The van der Waals surface area contributed by atoms with Crippen LogP contribution in [0.1, 0.15) is 49.5 Å². The Labute approximate surface area is 221 Å². The van der Waals surface area contributed by atoms with E-state index in [1.165, 1.54) is 10.4 Å². The van der Waals surface area contributed by atoms with Crippen molar-refractivity contribution in [2.24, 2.45) is 0 Å². The molecule has 2 heterocycles. The third-order valence-corrected chi connectivity index (χ3v) is 7.35. The molecule has 0 unspecified atom stereocenters. The summed E-state index contributed by atoms with van der Waals surface area (Å²) in [5.74, 6) is 0.663. The molecule has 194 valence electrons. The van der Waals surface area contributed by atoms with Crippen LogP contribution in [0.4, 0.5) is 0 Å². The lowest BCUT2D eigenvalue weighted by molar-refractivity contribution is -0.149. The summed E-state index contributed by atoms with van der Waals surface area (Å²) < 4.78 is 16.9. The van der Waals surface area contributed by atoms with Crippen molar-refractivity contribution in [1.82, 2.24) is 5.16 Å². The van der Waals surface area contributed by atoms with Crippen LogP contribution in [0.15, 0.2) is 65.2 Å². The van der Waals surface area contributed by atoms with E-state index in [0.29, 0.717) is 19.6 Å². The number of aryl methyl sites for hydroxylation is 1. The Balaban J connectivity index is 1.39. The molecule has 0 radical (unpaired) electrons. The van der Waals surface area contributed by atoms with E-state index in [4.69, 9.17) is 14.0 Å². The molecule has 0 aliphatic rings. The maximum absolute atomic E-state index is 11.3. The standard InChI is InChI=1S/C30H33NO5S/c1-6-34-25(29(32)33)16-20-7-13-23(14-8-20)35-18-27-19(2)15-26(37-27)22-11-9-21(10-12-22)24-17-28(36-31-24)30(3,4)5/h7-15,17,25H,6,16,18H2,1-5H3,(H,32,33)/t25-/m0/s1. The highest BCUT2D eigenvalue weighted by Crippen LogP contribution is 2.34. The van der Waals surface area contributed by atoms with Gasteiger partial charge in [0, 0.05) is 39.8 Å². The smallest absolute Gasteiger partial charge is 0.333 e. The van der Waals surface area contributed by atoms with Crippen LogP contribution in [0.3, 0.4) is 0 Å². The summed E-state index contributed by atoms with van der Waals surface area (Å²) in [5, 5.41) is 13.5. The minimum Gasteiger partial charge on any atom is -0.488 e. The van der Waals surface area contributed by atoms with Gasteiger partial charge in [0.15, 0.2) is 6.10 Å². The van der Waals surface area contributed by atoms with Gasteiger partial charge in [-0.25, -0.2) is 4.79 Å². The molecule has 0 saturated carbocycles. The summed E-state index contributed by atoms with van der Waals surface area (Å²) in [4.78, 5) is 13.7. The van der Waals surface area contributed by atoms with Crippen LogP contribution >= 0.6 is 11.3 Å². The zero-order valence-corrected chi connectivity index (χ0v) is 22.7. The third kappa shape index (κ3) is 6.67. The Bertz CT molecular complexity index is 1330. The molecule has 0 fully saturated rings. The number of benzene rings is 2. The zero-order chi connectivity index (χ0) is 26.6. The molecule has 6 nitrogen and oxygen atoms in total. The van der Waals surface area contributed by atoms with Gasteiger partial charge in [0.2, 0.25) is 0 Å². The van der Waals surface area contributed by atoms with Crippen molar-refractivity contribution in [2.45, 2.75) is 59.2 Å². The number of carboxylic acid groups (broad SMARTS) is 1. The number of carboxylic acids is 1. The Hall–Kier alpha value is -3.42. The van der Waals surface area contributed by atoms with Gasteiger partial charge in [0.1, 0.15) is 23.8 Å². The number of aliphatic carboxylic acids is 1. The quantitative estimate of drug-likeness (QED) is 0.237. The van der Waals surface area contributed by atoms with Gasteiger partial charge in [-0.1, -0.05) is 62.3 Å². The van der Waals surface area contributed by atoms with Gasteiger partial charge < -0.3 is 19.1 Å². The molecule has 1 N–H and O–H groups in total. The van der Waals surface area contributed by atoms with E-state index in [2.05, 4.69) is 63.2 Å². The number of thiophene rings is 1. The minimum absolute atomic E-state index is 0.0762. The summed E-state index contributed by atoms with van der Waals surface area (Å²) >= 11 is 1.72. The van der Waals surface area contributed by atoms with Crippen molar-refractivity contribution in [3.8, 4) is 27.4 Å². The second-order valence-corrected chi connectivity index (χ2v) is 11.2. The Kier molecular flexibility index (Phi) is 8.15. The van der Waals surface area contributed by atoms with Gasteiger partial charge in [-0.05, 0) is 48.7 Å². The van der Waals surface area contributed by atoms with Crippen LogP contribution in [0.5, 0.6) is 5.75 Å². The van der Waals surface area contributed by atoms with E-state index in [1.54, 1.807) is 18.3 Å². The summed E-state index contributed by atoms with van der Waals surface area (Å²) in [7, 11) is 0. The summed E-state index contributed by atoms with van der Waals surface area (Å²) in [6.07, 6.45) is -0.515. The van der Waals surface area contributed by atoms with Crippen LogP contribution in [0.25, 0.3) is 21.7 Å². The van der Waals surface area contributed by atoms with E-state index in [0.717, 1.165) is 38.8 Å². The molecule has 0 amide bonds. The van der Waals surface area contributed by atoms with Gasteiger partial charge in [0.05, 0.1) is 0 Å². The lowest BCUT2D eigenvalue weighted by atomic mass is 9.93. The SMILES string of the molecule is CCO[C@@H](Cc1ccc(OCc2sc(-c3ccc(-c4cc(C(C)(C)C)on4)cc3)cc2C)cc1)C(=O)O. The Morgan fingerprint density at radius 2 is 1.73 bits per heavy atom. The van der Waals surface area contributed by atoms with Crippen LogP contribution in [-0.4, -0.2) is 28.9 Å². The predicted octanol–water partition coefficient (Wildman–Crippen LogP) is 7.29. The molecule has 37 heavy (non-hydrogen) atoms. The average molecular weight is 520 g/mol. The van der Waals surface area contributed by atoms with E-state index < -0.39 is 12.1 Å². The normalized spacial score (nSPS) is 12.5. The summed E-state index contributed by atoms with van der Waals surface area (Å²) in [6.45, 7) is 11.0. The number of carbonyl (C=O) groups is 1. The van der Waals surface area contributed by atoms with Crippen LogP contribution in [0.2, 0.25) is 0 Å². The molecule has 0 aliphatic carbocycles. The fourth-order valence-electron chi connectivity index (χ4n) is 3.88. The molecule has 0 bridgehead atoms. The number of nitrogens with zero attached hydrogens (tertiary/aromatic N) is 1. The number of ether oxygens (including phenoxy) is 2. The zero-order valence-electron chi connectivity index (χ0n) is 21.9. The maximum Gasteiger partial charge on any atom is 0.333 e. The molecule has 1 atom stereocenters. The van der Waals surface area contributed by atoms with Crippen molar-refractivity contribution in [1.29, 1.82) is 0 Å². The lowest BCUT2D eigenvalue weighted by Gasteiger charge is -2.13. The van der Waals surface area contributed by atoms with Gasteiger partial charge in [-0.15, -0.1) is 11.3 Å². The van der Waals surface area contributed by atoms with Crippen molar-refractivity contribution in [3.63, 3.8) is 0 Å². The van der Waals surface area contributed by atoms with Gasteiger partial charge in [0.25, 0.3) is 0 Å². The highest BCUT2D eigenvalue weighted by atomic mass is 32.1.